The molecular formula is C23H29N2O2+. The summed E-state index contributed by atoms with van der Waals surface area (Å²) in [6.45, 7) is 3.41. The van der Waals surface area contributed by atoms with Crippen LogP contribution in [-0.2, 0) is 9.63 Å². The van der Waals surface area contributed by atoms with Crippen molar-refractivity contribution >= 4 is 11.5 Å². The van der Waals surface area contributed by atoms with Gasteiger partial charge in [-0.25, -0.2) is 0 Å². The Bertz CT molecular complexity index is 841. The Morgan fingerprint density at radius 2 is 1.93 bits per heavy atom. The first-order valence-electron chi connectivity index (χ1n) is 10.8. The predicted molar refractivity (Wildman–Crippen MR) is 105 cm³/mol. The van der Waals surface area contributed by atoms with Gasteiger partial charge < -0.3 is 0 Å². The van der Waals surface area contributed by atoms with Crippen LogP contribution < -0.4 is 4.65 Å². The maximum absolute atomic E-state index is 13.3. The molecule has 27 heavy (non-hydrogen) atoms. The number of para-hydroxylation sites is 1. The van der Waals surface area contributed by atoms with E-state index in [1.165, 1.54) is 62.1 Å². The highest BCUT2D eigenvalue weighted by Gasteiger charge is 2.64. The van der Waals surface area contributed by atoms with Crippen LogP contribution in [0.4, 0.5) is 5.69 Å². The van der Waals surface area contributed by atoms with Crippen molar-refractivity contribution in [3.8, 4) is 0 Å². The quantitative estimate of drug-likeness (QED) is 0.747. The van der Waals surface area contributed by atoms with Crippen LogP contribution in [0.2, 0.25) is 0 Å². The Balaban J connectivity index is 1.61. The maximum atomic E-state index is 13.3. The summed E-state index contributed by atoms with van der Waals surface area (Å²) in [5, 5.41) is 0. The minimum Gasteiger partial charge on any atom is -0.298 e. The molecule has 0 N–H and O–H groups in total. The molecule has 4 nitrogen and oxygen atoms in total. The molecule has 0 bridgehead atoms. The molecule has 3 heterocycles. The second kappa shape index (κ2) is 5.76. The average Bonchev–Trinajstić information content (AvgIpc) is 3.32. The minimum absolute atomic E-state index is 0.0625. The van der Waals surface area contributed by atoms with E-state index < -0.39 is 0 Å². The third kappa shape index (κ3) is 2.01. The topological polar surface area (TPSA) is 29.5 Å². The highest BCUT2D eigenvalue weighted by Crippen LogP contribution is 2.61. The molecule has 5 unspecified atom stereocenters. The Hall–Kier alpha value is -1.49. The zero-order valence-electron chi connectivity index (χ0n) is 16.2. The Kier molecular flexibility index (Phi) is 3.51. The number of hydrogen-bond donors (Lipinski definition) is 0. The summed E-state index contributed by atoms with van der Waals surface area (Å²) in [5.74, 6) is 1.44. The van der Waals surface area contributed by atoms with E-state index in [-0.39, 0.29) is 5.92 Å². The van der Waals surface area contributed by atoms with Crippen molar-refractivity contribution in [3.05, 3.63) is 41.1 Å². The number of rotatable bonds is 2. The van der Waals surface area contributed by atoms with Crippen LogP contribution in [0.15, 0.2) is 35.5 Å². The lowest BCUT2D eigenvalue weighted by Gasteiger charge is -2.51. The first kappa shape index (κ1) is 16.5. The van der Waals surface area contributed by atoms with Gasteiger partial charge in [-0.3, -0.25) is 9.69 Å². The third-order valence-electron chi connectivity index (χ3n) is 8.10. The SMILES string of the molecule is CO[N+]12CC(N3CCCC3)C3CCCC4CC(=O)C(C1=C43)c1ccccc12. The summed E-state index contributed by atoms with van der Waals surface area (Å²) in [7, 11) is 1.85. The van der Waals surface area contributed by atoms with E-state index in [4.69, 9.17) is 4.84 Å². The molecule has 6 rings (SSSR count). The number of hydrogen-bond acceptors (Lipinski definition) is 3. The average molecular weight is 365 g/mol. The fourth-order valence-electron chi connectivity index (χ4n) is 7.12. The number of carbonyl (C=O) groups is 1. The van der Waals surface area contributed by atoms with Gasteiger partial charge in [0.1, 0.15) is 12.5 Å². The Morgan fingerprint density at radius 3 is 2.74 bits per heavy atom. The maximum Gasteiger partial charge on any atom is 0.174 e. The predicted octanol–water partition coefficient (Wildman–Crippen LogP) is 3.77. The lowest BCUT2D eigenvalue weighted by molar-refractivity contribution is -0.133. The molecule has 142 valence electrons. The van der Waals surface area contributed by atoms with Gasteiger partial charge in [0.15, 0.2) is 17.2 Å². The molecule has 1 aromatic rings. The highest BCUT2D eigenvalue weighted by atomic mass is 16.7. The molecule has 0 amide bonds. The van der Waals surface area contributed by atoms with E-state index in [1.807, 2.05) is 7.11 Å². The van der Waals surface area contributed by atoms with Crippen LogP contribution in [0.5, 0.6) is 0 Å². The van der Waals surface area contributed by atoms with E-state index in [0.29, 0.717) is 28.3 Å². The summed E-state index contributed by atoms with van der Waals surface area (Å²) >= 11 is 0. The van der Waals surface area contributed by atoms with Crippen molar-refractivity contribution < 1.29 is 9.63 Å². The Morgan fingerprint density at radius 1 is 1.11 bits per heavy atom. The zero-order valence-corrected chi connectivity index (χ0v) is 16.2. The number of benzene rings is 1. The van der Waals surface area contributed by atoms with Crippen molar-refractivity contribution in [3.63, 3.8) is 0 Å². The summed E-state index contributed by atoms with van der Waals surface area (Å²) in [6.07, 6.45) is 7.13. The summed E-state index contributed by atoms with van der Waals surface area (Å²) in [6, 6.07) is 9.13. The van der Waals surface area contributed by atoms with Crippen LogP contribution in [0.1, 0.15) is 50.0 Å². The molecule has 1 saturated carbocycles. The normalized spacial score (nSPS) is 40.3. The van der Waals surface area contributed by atoms with Gasteiger partial charge in [-0.05, 0) is 50.3 Å². The van der Waals surface area contributed by atoms with Gasteiger partial charge in [-0.1, -0.05) is 24.6 Å². The molecule has 5 aliphatic rings. The number of nitrogens with zero attached hydrogens (tertiary/aromatic N) is 2. The molecule has 3 aliphatic heterocycles. The second-order valence-corrected chi connectivity index (χ2v) is 9.15. The molecule has 5 atom stereocenters. The van der Waals surface area contributed by atoms with Crippen LogP contribution in [0.3, 0.4) is 0 Å². The summed E-state index contributed by atoms with van der Waals surface area (Å²) in [5.41, 5.74) is 5.36. The first-order valence-corrected chi connectivity index (χ1v) is 10.8. The van der Waals surface area contributed by atoms with E-state index in [0.717, 1.165) is 13.0 Å². The molecule has 1 aromatic carbocycles. The molecule has 1 saturated heterocycles. The smallest absolute Gasteiger partial charge is 0.174 e. The number of hydroxylamine groups is 2. The molecule has 4 heteroatoms. The van der Waals surface area contributed by atoms with Crippen molar-refractivity contribution in [2.75, 3.05) is 26.7 Å². The molecule has 0 radical (unpaired) electrons. The van der Waals surface area contributed by atoms with Crippen LogP contribution in [0.25, 0.3) is 0 Å². The second-order valence-electron chi connectivity index (χ2n) is 9.15. The molecular weight excluding hydrogens is 336 g/mol. The lowest BCUT2D eigenvalue weighted by atomic mass is 9.64. The number of ketones is 1. The standard InChI is InChI=1S/C23H29N2O2/c1-27-25-14-18(24-11-4-5-12-24)16-9-6-7-15-13-20(26)22(23(25)21(15)16)17-8-2-3-10-19(17)25/h2-3,8,10,15-16,18,22H,4-7,9,11-14H2,1H3/q+1. The number of allylic oxidation sites excluding steroid dienone is 1. The molecule has 2 fully saturated rings. The highest BCUT2D eigenvalue weighted by molar-refractivity contribution is 5.95. The number of quaternary nitrogens is 1. The largest absolute Gasteiger partial charge is 0.298 e. The number of carbonyl (C=O) groups excluding carboxylic acids is 1. The summed E-state index contributed by atoms with van der Waals surface area (Å²) < 4.78 is 0.482. The Labute approximate surface area is 161 Å². The van der Waals surface area contributed by atoms with Crippen LogP contribution in [0, 0.1) is 11.8 Å². The van der Waals surface area contributed by atoms with E-state index in [2.05, 4.69) is 29.2 Å². The third-order valence-corrected chi connectivity index (χ3v) is 8.10. The van der Waals surface area contributed by atoms with Crippen LogP contribution >= 0.6 is 0 Å². The van der Waals surface area contributed by atoms with Gasteiger partial charge in [0.25, 0.3) is 0 Å². The monoisotopic (exact) mass is 365 g/mol. The fourth-order valence-corrected chi connectivity index (χ4v) is 7.12. The van der Waals surface area contributed by atoms with Gasteiger partial charge in [0.2, 0.25) is 0 Å². The zero-order chi connectivity index (χ0) is 18.2. The van der Waals surface area contributed by atoms with Gasteiger partial charge in [-0.15, -0.1) is 4.65 Å². The van der Waals surface area contributed by atoms with Crippen molar-refractivity contribution in [2.24, 2.45) is 11.8 Å². The van der Waals surface area contributed by atoms with E-state index in [1.54, 1.807) is 5.57 Å². The number of fused-ring (bicyclic) bond motifs is 3. The number of Topliss-reactive ketones (excluding diaryl/α,β-unsaturated/α-hetero) is 1. The summed E-state index contributed by atoms with van der Waals surface area (Å²) in [4.78, 5) is 22.4. The van der Waals surface area contributed by atoms with Crippen molar-refractivity contribution in [2.45, 2.75) is 50.5 Å². The lowest BCUT2D eigenvalue weighted by Crippen LogP contribution is -2.62. The van der Waals surface area contributed by atoms with Crippen molar-refractivity contribution in [1.82, 2.24) is 9.55 Å². The van der Waals surface area contributed by atoms with E-state index >= 15 is 0 Å². The molecule has 0 spiro atoms. The molecule has 2 aliphatic carbocycles. The van der Waals surface area contributed by atoms with Gasteiger partial charge in [0.05, 0.1) is 13.2 Å². The minimum atomic E-state index is -0.0625. The number of likely N-dealkylation sites (tertiary alicyclic amines) is 1. The van der Waals surface area contributed by atoms with Gasteiger partial charge >= 0.3 is 0 Å². The van der Waals surface area contributed by atoms with Crippen molar-refractivity contribution in [1.29, 1.82) is 0 Å². The fraction of sp³-hybridized carbons (Fsp3) is 0.609. The molecule has 0 aromatic heterocycles. The van der Waals surface area contributed by atoms with E-state index in [9.17, 15) is 4.79 Å². The van der Waals surface area contributed by atoms with Crippen LogP contribution in [-0.4, -0.2) is 43.5 Å². The first-order chi connectivity index (χ1) is 13.2. The van der Waals surface area contributed by atoms with Gasteiger partial charge in [-0.2, -0.15) is 4.84 Å². The van der Waals surface area contributed by atoms with Gasteiger partial charge in [0, 0.05) is 24.0 Å².